The molecule has 56 heavy (non-hydrogen) atoms. The highest BCUT2D eigenvalue weighted by atomic mass is 32.2. The Balaban J connectivity index is 0.000000739. The molecule has 0 aliphatic heterocycles. The molecule has 0 aliphatic rings. The van der Waals surface area contributed by atoms with E-state index in [9.17, 15) is 36.7 Å². The first-order valence-corrected chi connectivity index (χ1v) is 18.4. The van der Waals surface area contributed by atoms with Gasteiger partial charge in [-0.2, -0.15) is 18.2 Å². The number of aromatic nitrogens is 2. The number of aliphatic hydroxyl groups is 2. The lowest BCUT2D eigenvalue weighted by atomic mass is 10.0. The van der Waals surface area contributed by atoms with E-state index in [1.807, 2.05) is 24.3 Å². The lowest BCUT2D eigenvalue weighted by Crippen LogP contribution is -2.40. The number of carboxylic acids is 2. The van der Waals surface area contributed by atoms with E-state index in [1.54, 1.807) is 35.4 Å². The number of amides is 1. The predicted octanol–water partition coefficient (Wildman–Crippen LogP) is 5.23. The zero-order valence-electron chi connectivity index (χ0n) is 31.2. The second-order valence-electron chi connectivity index (χ2n) is 12.6. The predicted molar refractivity (Wildman–Crippen MR) is 201 cm³/mol. The van der Waals surface area contributed by atoms with Crippen LogP contribution in [0.5, 0.6) is 0 Å². The first kappa shape index (κ1) is 45.3. The molecule has 4 N–H and O–H groups in total. The fraction of sp³-hybridized carbons (Fsp3) is 0.359. The number of aliphatic carboxylic acids is 2. The van der Waals surface area contributed by atoms with Gasteiger partial charge in [0, 0.05) is 36.6 Å². The zero-order chi connectivity index (χ0) is 41.7. The third kappa shape index (κ3) is 13.0. The molecular weight excluding hydrogens is 761 g/mol. The van der Waals surface area contributed by atoms with Gasteiger partial charge in [-0.15, -0.1) is 0 Å². The number of aliphatic hydroxyl groups excluding tert-OH is 2. The van der Waals surface area contributed by atoms with Gasteiger partial charge in [-0.05, 0) is 73.5 Å². The van der Waals surface area contributed by atoms with Crippen LogP contribution in [-0.4, -0.2) is 96.0 Å². The number of likely N-dealkylation sites (N-methyl/N-ethyl adjacent to an activating group) is 1. The highest BCUT2D eigenvalue weighted by molar-refractivity contribution is 7.98. The summed E-state index contributed by atoms with van der Waals surface area (Å²) >= 11 is 1.32. The summed E-state index contributed by atoms with van der Waals surface area (Å²) in [6.07, 6.45) is -8.93. The van der Waals surface area contributed by atoms with Crippen LogP contribution in [0.3, 0.4) is 0 Å². The molecule has 2 unspecified atom stereocenters. The van der Waals surface area contributed by atoms with Crippen LogP contribution in [0.2, 0.25) is 0 Å². The minimum Gasteiger partial charge on any atom is -0.479 e. The van der Waals surface area contributed by atoms with Gasteiger partial charge in [-0.25, -0.2) is 14.0 Å². The van der Waals surface area contributed by atoms with Crippen molar-refractivity contribution in [3.05, 3.63) is 117 Å². The Bertz CT molecular complexity index is 1970. The van der Waals surface area contributed by atoms with E-state index in [-0.39, 0.29) is 23.8 Å². The fourth-order valence-corrected chi connectivity index (χ4v) is 6.22. The summed E-state index contributed by atoms with van der Waals surface area (Å²) in [4.78, 5) is 54.4. The summed E-state index contributed by atoms with van der Waals surface area (Å²) in [5.74, 6) is -3.57. The van der Waals surface area contributed by atoms with Crippen molar-refractivity contribution < 1.29 is 52.4 Å². The monoisotopic (exact) mass is 804 g/mol. The molecule has 0 saturated heterocycles. The summed E-state index contributed by atoms with van der Waals surface area (Å²) in [7, 11) is 0. The van der Waals surface area contributed by atoms with Crippen LogP contribution in [0.25, 0.3) is 11.1 Å². The number of hydrogen-bond donors (Lipinski definition) is 4. The van der Waals surface area contributed by atoms with Gasteiger partial charge < -0.3 is 34.8 Å². The molecule has 0 bridgehead atoms. The summed E-state index contributed by atoms with van der Waals surface area (Å²) in [5, 5.41) is 32.9. The van der Waals surface area contributed by atoms with Crippen LogP contribution in [0, 0.1) is 19.7 Å². The number of thioether (sulfide) groups is 1. The van der Waals surface area contributed by atoms with Gasteiger partial charge >= 0.3 is 18.1 Å². The topological polar surface area (TPSA) is 174 Å². The zero-order valence-corrected chi connectivity index (χ0v) is 32.0. The van der Waals surface area contributed by atoms with Crippen LogP contribution in [0.4, 0.5) is 17.6 Å². The second-order valence-corrected chi connectivity index (χ2v) is 13.5. The number of alkyl halides is 3. The van der Waals surface area contributed by atoms with E-state index in [0.29, 0.717) is 47.4 Å². The normalized spacial score (nSPS) is 12.4. The summed E-state index contributed by atoms with van der Waals surface area (Å²) in [6, 6.07) is 18.6. The van der Waals surface area contributed by atoms with E-state index in [4.69, 9.17) is 20.4 Å². The summed E-state index contributed by atoms with van der Waals surface area (Å²) < 4.78 is 54.1. The number of benzene rings is 3. The molecule has 0 saturated carbocycles. The first-order valence-electron chi connectivity index (χ1n) is 17.4. The number of nitrogens with zero attached hydrogens (tertiary/aromatic N) is 4. The van der Waals surface area contributed by atoms with E-state index < -0.39 is 35.9 Å². The molecule has 17 heteroatoms. The van der Waals surface area contributed by atoms with Crippen LogP contribution < -0.4 is 5.56 Å². The lowest BCUT2D eigenvalue weighted by molar-refractivity contribution is -0.165. The van der Waals surface area contributed by atoms with Gasteiger partial charge in [0.05, 0.1) is 5.56 Å². The van der Waals surface area contributed by atoms with Gasteiger partial charge in [0.25, 0.3) is 5.56 Å². The molecule has 0 aliphatic carbocycles. The van der Waals surface area contributed by atoms with E-state index >= 15 is 0 Å². The Morgan fingerprint density at radius 2 is 1.30 bits per heavy atom. The summed E-state index contributed by atoms with van der Waals surface area (Å²) in [5.41, 5.74) is 3.23. The Hall–Kier alpha value is -5.10. The van der Waals surface area contributed by atoms with Crippen molar-refractivity contribution in [3.8, 4) is 11.1 Å². The highest BCUT2D eigenvalue weighted by Gasteiger charge is 2.30. The van der Waals surface area contributed by atoms with Gasteiger partial charge in [0.1, 0.15) is 12.4 Å². The average molecular weight is 805 g/mol. The maximum atomic E-state index is 14.0. The van der Waals surface area contributed by atoms with Crippen molar-refractivity contribution in [1.82, 2.24) is 19.4 Å². The fourth-order valence-electron chi connectivity index (χ4n) is 5.23. The maximum Gasteiger partial charge on any atom is 0.416 e. The molecule has 1 amide bonds. The Labute approximate surface area is 325 Å². The molecule has 3 aromatic carbocycles. The van der Waals surface area contributed by atoms with Crippen LogP contribution in [0.15, 0.2) is 82.7 Å². The number of halogens is 4. The van der Waals surface area contributed by atoms with Gasteiger partial charge in [0.15, 0.2) is 17.4 Å². The molecule has 0 fully saturated rings. The molecule has 0 spiro atoms. The quantitative estimate of drug-likeness (QED) is 0.0664. The van der Waals surface area contributed by atoms with Crippen molar-refractivity contribution in [2.45, 2.75) is 70.1 Å². The number of hydrogen-bond acceptors (Lipinski definition) is 9. The largest absolute Gasteiger partial charge is 0.479 e. The molecular formula is C39H44F4N4O8S. The minimum absolute atomic E-state index is 0.0202. The molecule has 1 aromatic heterocycles. The molecule has 302 valence electrons. The Morgan fingerprint density at radius 3 is 1.79 bits per heavy atom. The molecule has 2 atom stereocenters. The molecule has 1 heterocycles. The Kier molecular flexibility index (Phi) is 16.8. The van der Waals surface area contributed by atoms with Crippen molar-refractivity contribution in [2.24, 2.45) is 0 Å². The van der Waals surface area contributed by atoms with Crippen LogP contribution in [0.1, 0.15) is 41.8 Å². The van der Waals surface area contributed by atoms with Gasteiger partial charge in [0.2, 0.25) is 5.91 Å². The minimum atomic E-state index is -4.39. The maximum absolute atomic E-state index is 14.0. The second kappa shape index (κ2) is 20.7. The highest BCUT2D eigenvalue weighted by Crippen LogP contribution is 2.31. The van der Waals surface area contributed by atoms with Crippen molar-refractivity contribution in [1.29, 1.82) is 0 Å². The summed E-state index contributed by atoms with van der Waals surface area (Å²) in [6.45, 7) is 10.8. The van der Waals surface area contributed by atoms with Crippen LogP contribution >= 0.6 is 11.8 Å². The van der Waals surface area contributed by atoms with E-state index in [0.717, 1.165) is 41.9 Å². The number of carboxylic acid groups (broad SMARTS) is 2. The van der Waals surface area contributed by atoms with Gasteiger partial charge in [-0.3, -0.25) is 9.59 Å². The SMILES string of the molecule is CCN(CC)CCN(Cc1ccc(-c2ccc(C(F)(F)F)cc2)cc1)C(=O)Cn1c(SCc2ccc(F)cc2)nc(=O)c(C)c1C.O=C(O)C(O)C(O)C(=O)O. The number of rotatable bonds is 16. The Morgan fingerprint density at radius 1 is 0.804 bits per heavy atom. The third-order valence-corrected chi connectivity index (χ3v) is 9.93. The van der Waals surface area contributed by atoms with E-state index in [1.165, 1.54) is 36.0 Å². The third-order valence-electron chi connectivity index (χ3n) is 8.88. The number of carbonyl (C=O) groups excluding carboxylic acids is 1. The van der Waals surface area contributed by atoms with Crippen molar-refractivity contribution in [3.63, 3.8) is 0 Å². The molecule has 12 nitrogen and oxygen atoms in total. The smallest absolute Gasteiger partial charge is 0.416 e. The van der Waals surface area contributed by atoms with Gasteiger partial charge in [-0.1, -0.05) is 74.1 Å². The molecule has 4 aromatic rings. The van der Waals surface area contributed by atoms with Crippen LogP contribution in [-0.2, 0) is 39.4 Å². The standard InChI is InChI=1S/C35H38F4N4O2S.C4H6O6/c1-5-41(6-2)19-20-42(21-26-7-11-28(12-8-26)29-13-15-30(16-14-29)35(37,38)39)32(44)22-43-25(4)24(3)33(45)40-34(43)46-23-27-9-17-31(36)18-10-27;5-1(3(7)8)2(6)4(9)10/h7-18H,5-6,19-23H2,1-4H3;1-2,5-6H,(H,7,8)(H,9,10). The number of carbonyl (C=O) groups is 3. The average Bonchev–Trinajstić information content (AvgIpc) is 3.17. The first-order chi connectivity index (χ1) is 26.4. The lowest BCUT2D eigenvalue weighted by Gasteiger charge is -2.28. The van der Waals surface area contributed by atoms with Crippen molar-refractivity contribution in [2.75, 3.05) is 26.2 Å². The van der Waals surface area contributed by atoms with Crippen molar-refractivity contribution >= 4 is 29.6 Å². The molecule has 0 radical (unpaired) electrons. The molecule has 4 rings (SSSR count). The van der Waals surface area contributed by atoms with E-state index in [2.05, 4.69) is 23.7 Å².